The van der Waals surface area contributed by atoms with Gasteiger partial charge in [0.25, 0.3) is 5.91 Å². The number of rotatable bonds is 4. The summed E-state index contributed by atoms with van der Waals surface area (Å²) in [5.41, 5.74) is 5.36. The molecule has 31 heavy (non-hydrogen) atoms. The molecule has 2 aromatic carbocycles. The second kappa shape index (κ2) is 7.96. The second-order valence-corrected chi connectivity index (χ2v) is 8.25. The maximum absolute atomic E-state index is 13.3. The highest BCUT2D eigenvalue weighted by molar-refractivity contribution is 6.06. The van der Waals surface area contributed by atoms with Crippen molar-refractivity contribution in [3.8, 4) is 0 Å². The van der Waals surface area contributed by atoms with Crippen molar-refractivity contribution in [1.29, 1.82) is 0 Å². The number of benzene rings is 2. The molecule has 0 saturated carbocycles. The highest BCUT2D eigenvalue weighted by Gasteiger charge is 2.47. The lowest BCUT2D eigenvalue weighted by atomic mass is 9.90. The number of hydrazine groups is 1. The van der Waals surface area contributed by atoms with Crippen molar-refractivity contribution < 1.29 is 18.8 Å². The van der Waals surface area contributed by atoms with Gasteiger partial charge in [-0.05, 0) is 13.1 Å². The maximum Gasteiger partial charge on any atom is 0.260 e. The average molecular weight is 422 g/mol. The van der Waals surface area contributed by atoms with Gasteiger partial charge in [-0.15, -0.1) is 0 Å². The molecule has 2 aliphatic rings. The number of para-hydroxylation sites is 2. The van der Waals surface area contributed by atoms with Crippen LogP contribution in [0.15, 0.2) is 46.9 Å². The predicted octanol–water partition coefficient (Wildman–Crippen LogP) is 2.11. The van der Waals surface area contributed by atoms with Gasteiger partial charge in [0.15, 0.2) is 0 Å². The summed E-state index contributed by atoms with van der Waals surface area (Å²) in [6, 6.07) is 13.0. The molecule has 0 radical (unpaired) electrons. The van der Waals surface area contributed by atoms with Crippen LogP contribution >= 0.6 is 0 Å². The average Bonchev–Trinajstić information content (AvgIpc) is 3.32. The summed E-state index contributed by atoms with van der Waals surface area (Å²) in [6.45, 7) is 3.22. The van der Waals surface area contributed by atoms with Gasteiger partial charge in [-0.3, -0.25) is 19.9 Å². The Balaban J connectivity index is 1.51. The molecule has 0 bridgehead atoms. The lowest BCUT2D eigenvalue weighted by Crippen LogP contribution is -2.57. The molecule has 1 aromatic heterocycles. The van der Waals surface area contributed by atoms with E-state index < -0.39 is 6.04 Å². The molecule has 2 atom stereocenters. The minimum Gasteiger partial charge on any atom is -0.456 e. The number of nitrogens with zero attached hydrogens (tertiary/aromatic N) is 3. The fourth-order valence-electron chi connectivity index (χ4n) is 4.69. The SMILES string of the molecule is CON1C(=O)CC(c2cccc3c2oc2ccccc23)C1C(=O)NN1CCN(C)CC1. The third-order valence-corrected chi connectivity index (χ3v) is 6.35. The lowest BCUT2D eigenvalue weighted by molar-refractivity contribution is -0.183. The van der Waals surface area contributed by atoms with Gasteiger partial charge in [0, 0.05) is 54.9 Å². The number of furan rings is 1. The Morgan fingerprint density at radius 3 is 2.58 bits per heavy atom. The zero-order chi connectivity index (χ0) is 21.5. The molecule has 2 aliphatic heterocycles. The highest BCUT2D eigenvalue weighted by Crippen LogP contribution is 2.40. The molecule has 0 spiro atoms. The molecular weight excluding hydrogens is 396 g/mol. The molecule has 5 rings (SSSR count). The second-order valence-electron chi connectivity index (χ2n) is 8.25. The van der Waals surface area contributed by atoms with Crippen LogP contribution in [-0.2, 0) is 14.4 Å². The van der Waals surface area contributed by atoms with Gasteiger partial charge < -0.3 is 9.32 Å². The number of likely N-dealkylation sites (N-methyl/N-ethyl adjacent to an activating group) is 1. The van der Waals surface area contributed by atoms with E-state index in [4.69, 9.17) is 9.25 Å². The summed E-state index contributed by atoms with van der Waals surface area (Å²) in [4.78, 5) is 33.6. The summed E-state index contributed by atoms with van der Waals surface area (Å²) >= 11 is 0. The Hall–Kier alpha value is -2.94. The van der Waals surface area contributed by atoms with Crippen molar-refractivity contribution in [3.63, 3.8) is 0 Å². The molecule has 162 valence electrons. The van der Waals surface area contributed by atoms with E-state index in [0.29, 0.717) is 0 Å². The number of piperazine rings is 1. The van der Waals surface area contributed by atoms with Crippen molar-refractivity contribution in [2.45, 2.75) is 18.4 Å². The van der Waals surface area contributed by atoms with Gasteiger partial charge in [-0.25, -0.2) is 10.1 Å². The molecule has 2 unspecified atom stereocenters. The fourth-order valence-corrected chi connectivity index (χ4v) is 4.69. The first-order valence-electron chi connectivity index (χ1n) is 10.6. The zero-order valence-corrected chi connectivity index (χ0v) is 17.7. The Morgan fingerprint density at radius 1 is 1.06 bits per heavy atom. The van der Waals surface area contributed by atoms with Gasteiger partial charge in [-0.1, -0.05) is 36.4 Å². The normalized spacial score (nSPS) is 23.2. The van der Waals surface area contributed by atoms with Crippen molar-refractivity contribution in [2.75, 3.05) is 40.3 Å². The first-order chi connectivity index (χ1) is 15.1. The van der Waals surface area contributed by atoms with E-state index in [2.05, 4.69) is 17.4 Å². The molecule has 8 heteroatoms. The van der Waals surface area contributed by atoms with Crippen LogP contribution in [0.4, 0.5) is 0 Å². The Morgan fingerprint density at radius 2 is 1.81 bits per heavy atom. The molecule has 1 N–H and O–H groups in total. The van der Waals surface area contributed by atoms with E-state index >= 15 is 0 Å². The standard InChI is InChI=1S/C23H26N4O4/c1-25-10-12-26(13-11-25)24-23(29)21-18(14-20(28)27(21)30-2)17-8-5-7-16-15-6-3-4-9-19(15)31-22(16)17/h3-9,18,21H,10-14H2,1-2H3,(H,24,29). The lowest BCUT2D eigenvalue weighted by Gasteiger charge is -2.34. The number of nitrogens with one attached hydrogen (secondary N) is 1. The number of hydroxylamine groups is 2. The van der Waals surface area contributed by atoms with Crippen LogP contribution < -0.4 is 5.43 Å². The third kappa shape index (κ3) is 3.46. The topological polar surface area (TPSA) is 78.3 Å². The van der Waals surface area contributed by atoms with Gasteiger partial charge in [-0.2, -0.15) is 0 Å². The molecule has 0 aliphatic carbocycles. The largest absolute Gasteiger partial charge is 0.456 e. The summed E-state index contributed by atoms with van der Waals surface area (Å²) in [6.07, 6.45) is 0.185. The molecule has 8 nitrogen and oxygen atoms in total. The Bertz CT molecular complexity index is 1140. The van der Waals surface area contributed by atoms with E-state index in [1.807, 2.05) is 47.5 Å². The minimum atomic E-state index is -0.768. The van der Waals surface area contributed by atoms with Gasteiger partial charge in [0.1, 0.15) is 17.2 Å². The number of carbonyl (C=O) groups excluding carboxylic acids is 2. The van der Waals surface area contributed by atoms with Crippen molar-refractivity contribution in [1.82, 2.24) is 20.4 Å². The number of hydrogen-bond acceptors (Lipinski definition) is 6. The maximum atomic E-state index is 13.3. The van der Waals surface area contributed by atoms with E-state index in [9.17, 15) is 9.59 Å². The first kappa shape index (κ1) is 20.0. The fraction of sp³-hybridized carbons (Fsp3) is 0.391. The Kier molecular flexibility index (Phi) is 5.13. The van der Waals surface area contributed by atoms with Crippen LogP contribution in [0.3, 0.4) is 0 Å². The smallest absolute Gasteiger partial charge is 0.260 e. The highest BCUT2D eigenvalue weighted by atomic mass is 16.7. The monoisotopic (exact) mass is 422 g/mol. The molecular formula is C23H26N4O4. The van der Waals surface area contributed by atoms with Crippen LogP contribution in [0.5, 0.6) is 0 Å². The number of carbonyl (C=O) groups is 2. The summed E-state index contributed by atoms with van der Waals surface area (Å²) in [5.74, 6) is -0.821. The number of amides is 2. The first-order valence-corrected chi connectivity index (χ1v) is 10.6. The predicted molar refractivity (Wildman–Crippen MR) is 116 cm³/mol. The zero-order valence-electron chi connectivity index (χ0n) is 17.7. The molecule has 2 saturated heterocycles. The van der Waals surface area contributed by atoms with Crippen LogP contribution in [0.1, 0.15) is 17.9 Å². The Labute approximate surface area is 180 Å². The van der Waals surface area contributed by atoms with E-state index in [1.54, 1.807) is 0 Å². The third-order valence-electron chi connectivity index (χ3n) is 6.35. The van der Waals surface area contributed by atoms with E-state index in [1.165, 1.54) is 12.2 Å². The quantitative estimate of drug-likeness (QED) is 0.694. The number of hydrogen-bond donors (Lipinski definition) is 1. The van der Waals surface area contributed by atoms with Gasteiger partial charge in [0.2, 0.25) is 5.91 Å². The summed E-state index contributed by atoms with van der Waals surface area (Å²) in [7, 11) is 3.49. The van der Waals surface area contributed by atoms with Crippen LogP contribution in [0, 0.1) is 0 Å². The summed E-state index contributed by atoms with van der Waals surface area (Å²) < 4.78 is 6.17. The van der Waals surface area contributed by atoms with Gasteiger partial charge >= 0.3 is 0 Å². The molecule has 3 aromatic rings. The molecule has 3 heterocycles. The van der Waals surface area contributed by atoms with Crippen molar-refractivity contribution in [3.05, 3.63) is 48.0 Å². The van der Waals surface area contributed by atoms with Crippen molar-refractivity contribution >= 4 is 33.8 Å². The van der Waals surface area contributed by atoms with E-state index in [-0.39, 0.29) is 24.2 Å². The van der Waals surface area contributed by atoms with Crippen LogP contribution in [-0.4, -0.2) is 73.2 Å². The number of fused-ring (bicyclic) bond motifs is 3. The van der Waals surface area contributed by atoms with Gasteiger partial charge in [0.05, 0.1) is 7.11 Å². The minimum absolute atomic E-state index is 0.185. The van der Waals surface area contributed by atoms with Crippen LogP contribution in [0.25, 0.3) is 21.9 Å². The molecule has 2 amide bonds. The van der Waals surface area contributed by atoms with E-state index in [0.717, 1.165) is 53.7 Å². The molecule has 2 fully saturated rings. The summed E-state index contributed by atoms with van der Waals surface area (Å²) in [5, 5.41) is 5.12. The van der Waals surface area contributed by atoms with Crippen LogP contribution in [0.2, 0.25) is 0 Å². The van der Waals surface area contributed by atoms with Crippen molar-refractivity contribution in [2.24, 2.45) is 0 Å².